The fourth-order valence-electron chi connectivity index (χ4n) is 2.23. The average Bonchev–Trinajstić information content (AvgIpc) is 2.82. The Balaban J connectivity index is 2.37. The van der Waals surface area contributed by atoms with Crippen LogP contribution in [0.2, 0.25) is 5.02 Å². The van der Waals surface area contributed by atoms with Crippen molar-refractivity contribution in [2.45, 2.75) is 13.0 Å². The Morgan fingerprint density at radius 1 is 1.38 bits per heavy atom. The number of hydrogen-bond donors (Lipinski definition) is 1. The SMILES string of the molecule is [2H]c1c([2H])c([2H])c(C2=NC(C(=O)OCC)C(=O)Nc3ccc(Cl)cc32)c([2H])c1[2H]. The van der Waals surface area contributed by atoms with E-state index in [4.69, 9.17) is 23.2 Å². The van der Waals surface area contributed by atoms with E-state index in [1.807, 2.05) is 0 Å². The van der Waals surface area contributed by atoms with E-state index in [0.717, 1.165) is 0 Å². The molecule has 0 saturated heterocycles. The van der Waals surface area contributed by atoms with Gasteiger partial charge in [0.2, 0.25) is 6.04 Å². The first kappa shape index (κ1) is 11.0. The van der Waals surface area contributed by atoms with Gasteiger partial charge in [0, 0.05) is 16.1 Å². The van der Waals surface area contributed by atoms with E-state index >= 15 is 0 Å². The summed E-state index contributed by atoms with van der Waals surface area (Å²) < 4.78 is 45.0. The number of halogens is 1. The third kappa shape index (κ3) is 3.16. The lowest BCUT2D eigenvalue weighted by atomic mass is 10.0. The normalized spacial score (nSPS) is 19.4. The number of anilines is 1. The number of amides is 1. The van der Waals surface area contributed by atoms with Gasteiger partial charge in [-0.15, -0.1) is 0 Å². The number of carbonyl (C=O) groups is 2. The average molecular weight is 348 g/mol. The number of nitrogens with zero attached hydrogens (tertiary/aromatic N) is 1. The molecule has 1 atom stereocenters. The zero-order valence-electron chi connectivity index (χ0n) is 17.6. The third-order valence-corrected chi connectivity index (χ3v) is 3.48. The van der Waals surface area contributed by atoms with Crippen molar-refractivity contribution >= 4 is 34.9 Å². The standard InChI is InChI=1S/C18H15ClN2O3/c1-2-24-18(23)16-17(22)20-14-9-8-12(19)10-13(14)15(21-16)11-6-4-3-5-7-11/h3-10,16H,2H2,1H3,(H,20,22)/i3D,4D,5D,6D,7D. The van der Waals surface area contributed by atoms with Crippen molar-refractivity contribution in [1.29, 1.82) is 0 Å². The summed E-state index contributed by atoms with van der Waals surface area (Å²) in [5.41, 5.74) is 0.0779. The highest BCUT2D eigenvalue weighted by molar-refractivity contribution is 6.32. The van der Waals surface area contributed by atoms with Crippen molar-refractivity contribution in [2.75, 3.05) is 11.9 Å². The van der Waals surface area contributed by atoms with E-state index < -0.39 is 48.1 Å². The van der Waals surface area contributed by atoms with Gasteiger partial charge in [-0.2, -0.15) is 0 Å². The van der Waals surface area contributed by atoms with Crippen LogP contribution in [0.15, 0.2) is 53.4 Å². The highest BCUT2D eigenvalue weighted by atomic mass is 35.5. The highest BCUT2D eigenvalue weighted by Crippen LogP contribution is 2.27. The summed E-state index contributed by atoms with van der Waals surface area (Å²) in [5.74, 6) is -1.69. The van der Waals surface area contributed by atoms with Crippen LogP contribution in [0.1, 0.15) is 24.9 Å². The first-order chi connectivity index (χ1) is 13.7. The second-order valence-electron chi connectivity index (χ2n) is 4.81. The number of esters is 1. The zero-order valence-corrected chi connectivity index (χ0v) is 13.3. The lowest BCUT2D eigenvalue weighted by Crippen LogP contribution is -2.34. The number of hydrogen-bond acceptors (Lipinski definition) is 4. The molecule has 0 spiro atoms. The second-order valence-corrected chi connectivity index (χ2v) is 5.25. The summed E-state index contributed by atoms with van der Waals surface area (Å²) in [5, 5.41) is 2.82. The number of carbonyl (C=O) groups excluding carboxylic acids is 2. The molecule has 3 rings (SSSR count). The Kier molecular flexibility index (Phi) is 3.13. The molecule has 0 bridgehead atoms. The number of benzodiazepines with no additional fused rings is 1. The summed E-state index contributed by atoms with van der Waals surface area (Å²) in [6, 6.07) is 0.0694. The number of fused-ring (bicyclic) bond motifs is 1. The second kappa shape index (κ2) is 6.84. The summed E-state index contributed by atoms with van der Waals surface area (Å²) in [4.78, 5) is 29.0. The van der Waals surface area contributed by atoms with Gasteiger partial charge in [0.25, 0.3) is 5.91 Å². The van der Waals surface area contributed by atoms with Gasteiger partial charge >= 0.3 is 5.97 Å². The molecule has 6 heteroatoms. The molecule has 2 aromatic rings. The largest absolute Gasteiger partial charge is 0.464 e. The van der Waals surface area contributed by atoms with Crippen molar-refractivity contribution in [3.05, 3.63) is 64.6 Å². The van der Waals surface area contributed by atoms with Crippen molar-refractivity contribution < 1.29 is 21.2 Å². The van der Waals surface area contributed by atoms with Crippen molar-refractivity contribution in [3.63, 3.8) is 0 Å². The van der Waals surface area contributed by atoms with E-state index in [0.29, 0.717) is 0 Å². The monoisotopic (exact) mass is 347 g/mol. The van der Waals surface area contributed by atoms with Gasteiger partial charge in [-0.05, 0) is 25.1 Å². The quantitative estimate of drug-likeness (QED) is 0.685. The summed E-state index contributed by atoms with van der Waals surface area (Å²) >= 11 is 6.08. The summed E-state index contributed by atoms with van der Waals surface area (Å²) in [7, 11) is 0. The number of ether oxygens (including phenoxy) is 1. The van der Waals surface area contributed by atoms with E-state index in [1.165, 1.54) is 18.2 Å². The molecule has 122 valence electrons. The maximum absolute atomic E-state index is 12.6. The minimum Gasteiger partial charge on any atom is -0.464 e. The lowest BCUT2D eigenvalue weighted by Gasteiger charge is -2.10. The number of rotatable bonds is 3. The van der Waals surface area contributed by atoms with Crippen molar-refractivity contribution in [1.82, 2.24) is 0 Å². The molecule has 0 radical (unpaired) electrons. The van der Waals surface area contributed by atoms with Crippen LogP contribution in [0.25, 0.3) is 0 Å². The van der Waals surface area contributed by atoms with Gasteiger partial charge in [-0.3, -0.25) is 9.79 Å². The Morgan fingerprint density at radius 3 is 2.83 bits per heavy atom. The smallest absolute Gasteiger partial charge is 0.340 e. The number of nitrogens with one attached hydrogen (secondary N) is 1. The molecule has 0 saturated carbocycles. The van der Waals surface area contributed by atoms with E-state index in [-0.39, 0.29) is 34.2 Å². The Hall–Kier alpha value is -2.66. The summed E-state index contributed by atoms with van der Waals surface area (Å²) in [6.45, 7) is 1.59. The fraction of sp³-hybridized carbons (Fsp3) is 0.167. The minimum absolute atomic E-state index is 0.0148. The lowest BCUT2D eigenvalue weighted by molar-refractivity contribution is -0.146. The Morgan fingerprint density at radius 2 is 2.12 bits per heavy atom. The molecule has 0 aromatic heterocycles. The van der Waals surface area contributed by atoms with Crippen LogP contribution in [0, 0.1) is 0 Å². The van der Waals surface area contributed by atoms with Gasteiger partial charge in [-0.25, -0.2) is 4.79 Å². The fourth-order valence-corrected chi connectivity index (χ4v) is 2.40. The molecule has 2 aromatic carbocycles. The molecule has 0 fully saturated rings. The van der Waals surface area contributed by atoms with Gasteiger partial charge in [-0.1, -0.05) is 41.8 Å². The molecule has 1 heterocycles. The first-order valence-corrected chi connectivity index (χ1v) is 7.47. The Labute approximate surface area is 151 Å². The molecule has 1 aliphatic heterocycles. The van der Waals surface area contributed by atoms with Gasteiger partial charge < -0.3 is 10.1 Å². The van der Waals surface area contributed by atoms with Crippen LogP contribution in [0.3, 0.4) is 0 Å². The maximum atomic E-state index is 12.6. The zero-order chi connectivity index (χ0) is 21.5. The summed E-state index contributed by atoms with van der Waals surface area (Å²) in [6.07, 6.45) is 0. The van der Waals surface area contributed by atoms with Crippen LogP contribution < -0.4 is 5.32 Å². The molecule has 5 nitrogen and oxygen atoms in total. The van der Waals surface area contributed by atoms with Crippen LogP contribution in [0.4, 0.5) is 5.69 Å². The molecule has 0 aliphatic carbocycles. The van der Waals surface area contributed by atoms with Gasteiger partial charge in [0.15, 0.2) is 0 Å². The number of aliphatic imine (C=N–C) groups is 1. The van der Waals surface area contributed by atoms with Crippen molar-refractivity contribution in [2.24, 2.45) is 4.99 Å². The minimum atomic E-state index is -1.62. The van der Waals surface area contributed by atoms with Crippen LogP contribution in [0.5, 0.6) is 0 Å². The maximum Gasteiger partial charge on any atom is 0.340 e. The first-order valence-electron chi connectivity index (χ1n) is 9.59. The van der Waals surface area contributed by atoms with Crippen molar-refractivity contribution in [3.8, 4) is 0 Å². The van der Waals surface area contributed by atoms with Crippen LogP contribution >= 0.6 is 11.6 Å². The van der Waals surface area contributed by atoms with Crippen LogP contribution in [-0.4, -0.2) is 30.2 Å². The van der Waals surface area contributed by atoms with Gasteiger partial charge in [0.05, 0.1) is 24.9 Å². The Bertz CT molecular complexity index is 1040. The third-order valence-electron chi connectivity index (χ3n) is 3.25. The highest BCUT2D eigenvalue weighted by Gasteiger charge is 2.32. The molecule has 1 amide bonds. The molecule has 24 heavy (non-hydrogen) atoms. The van der Waals surface area contributed by atoms with E-state index in [2.05, 4.69) is 10.3 Å². The van der Waals surface area contributed by atoms with E-state index in [1.54, 1.807) is 6.92 Å². The molecule has 1 aliphatic rings. The molecule has 1 N–H and O–H groups in total. The predicted molar refractivity (Wildman–Crippen MR) is 92.6 cm³/mol. The topological polar surface area (TPSA) is 67.8 Å². The molecule has 1 unspecified atom stereocenters. The van der Waals surface area contributed by atoms with E-state index in [9.17, 15) is 9.59 Å². The predicted octanol–water partition coefficient (Wildman–Crippen LogP) is 3.06. The molecular weight excluding hydrogens is 328 g/mol. The van der Waals surface area contributed by atoms with Crippen LogP contribution in [-0.2, 0) is 14.3 Å². The van der Waals surface area contributed by atoms with Gasteiger partial charge in [0.1, 0.15) is 0 Å². The number of benzene rings is 2. The molecular formula is C18H15ClN2O3.